The zero-order valence-corrected chi connectivity index (χ0v) is 14.9. The largest absolute Gasteiger partial charge is 0.492 e. The Kier molecular flexibility index (Phi) is 7.02. The maximum Gasteiger partial charge on any atom is 0.338 e. The molecule has 134 valence electrons. The van der Waals surface area contributed by atoms with E-state index >= 15 is 0 Å². The quantitative estimate of drug-likeness (QED) is 0.676. The van der Waals surface area contributed by atoms with Gasteiger partial charge in [0.05, 0.1) is 24.3 Å². The lowest BCUT2D eigenvalue weighted by Crippen LogP contribution is -2.41. The van der Waals surface area contributed by atoms with Gasteiger partial charge in [-0.1, -0.05) is 0 Å². The van der Waals surface area contributed by atoms with Crippen LogP contribution < -0.4 is 4.74 Å². The molecule has 1 aromatic carbocycles. The minimum absolute atomic E-state index is 0.0104. The number of likely N-dealkylation sites (tertiary alicyclic amines) is 1. The second-order valence-electron chi connectivity index (χ2n) is 5.76. The van der Waals surface area contributed by atoms with Crippen LogP contribution in [0, 0.1) is 0 Å². The molecule has 3 atom stereocenters. The first-order valence-electron chi connectivity index (χ1n) is 8.35. The van der Waals surface area contributed by atoms with Gasteiger partial charge in [-0.2, -0.15) is 0 Å². The molecule has 0 aromatic heterocycles. The molecule has 0 aliphatic carbocycles. The minimum Gasteiger partial charge on any atom is -0.492 e. The summed E-state index contributed by atoms with van der Waals surface area (Å²) >= 11 is 0. The van der Waals surface area contributed by atoms with E-state index in [1.165, 1.54) is 0 Å². The van der Waals surface area contributed by atoms with Crippen LogP contribution in [0.4, 0.5) is 0 Å². The molecule has 6 nitrogen and oxygen atoms in total. The van der Waals surface area contributed by atoms with Crippen LogP contribution in [0.15, 0.2) is 24.3 Å². The van der Waals surface area contributed by atoms with Gasteiger partial charge >= 0.3 is 5.97 Å². The van der Waals surface area contributed by atoms with E-state index < -0.39 is 0 Å². The Morgan fingerprint density at radius 2 is 1.92 bits per heavy atom. The van der Waals surface area contributed by atoms with Gasteiger partial charge in [0.15, 0.2) is 0 Å². The fourth-order valence-corrected chi connectivity index (χ4v) is 2.95. The van der Waals surface area contributed by atoms with Crippen molar-refractivity contribution in [2.45, 2.75) is 32.1 Å². The zero-order valence-electron chi connectivity index (χ0n) is 14.9. The van der Waals surface area contributed by atoms with Crippen molar-refractivity contribution < 1.29 is 23.7 Å². The SMILES string of the molecule is CCOC(=O)c1ccc(OC[C@@H]2[C@@H](OCC)[C@H](OC)CN2C)cc1. The lowest BCUT2D eigenvalue weighted by atomic mass is 10.1. The van der Waals surface area contributed by atoms with Crippen LogP contribution in [-0.4, -0.2) is 69.6 Å². The number of likely N-dealkylation sites (N-methyl/N-ethyl adjacent to an activating group) is 1. The number of methoxy groups -OCH3 is 1. The molecule has 1 aromatic rings. The van der Waals surface area contributed by atoms with Crippen LogP contribution >= 0.6 is 0 Å². The van der Waals surface area contributed by atoms with Crippen molar-refractivity contribution in [3.8, 4) is 5.75 Å². The summed E-state index contributed by atoms with van der Waals surface area (Å²) in [5, 5.41) is 0. The molecule has 1 aliphatic rings. The Morgan fingerprint density at radius 1 is 1.21 bits per heavy atom. The molecule has 0 saturated carbocycles. The lowest BCUT2D eigenvalue weighted by molar-refractivity contribution is -0.0440. The molecule has 0 bridgehead atoms. The van der Waals surface area contributed by atoms with E-state index in [-0.39, 0.29) is 24.2 Å². The van der Waals surface area contributed by atoms with Gasteiger partial charge in [0.2, 0.25) is 0 Å². The number of esters is 1. The molecular formula is C18H27NO5. The standard InChI is InChI=1S/C18H27NO5/c1-5-22-17-15(19(3)11-16(17)21-4)12-24-14-9-7-13(8-10-14)18(20)23-6-2/h7-10,15-17H,5-6,11-12H2,1-4H3/t15-,16-,17-/m1/s1. The highest BCUT2D eigenvalue weighted by Crippen LogP contribution is 2.23. The predicted octanol–water partition coefficient (Wildman–Crippen LogP) is 1.98. The van der Waals surface area contributed by atoms with Gasteiger partial charge in [-0.25, -0.2) is 4.79 Å². The van der Waals surface area contributed by atoms with Crippen molar-refractivity contribution >= 4 is 5.97 Å². The average molecular weight is 337 g/mol. The number of nitrogens with zero attached hydrogens (tertiary/aromatic N) is 1. The molecule has 0 spiro atoms. The molecule has 6 heteroatoms. The van der Waals surface area contributed by atoms with E-state index in [1.807, 2.05) is 14.0 Å². The van der Waals surface area contributed by atoms with Crippen LogP contribution in [0.1, 0.15) is 24.2 Å². The molecule has 0 N–H and O–H groups in total. The monoisotopic (exact) mass is 337 g/mol. The van der Waals surface area contributed by atoms with E-state index in [0.717, 1.165) is 6.54 Å². The Labute approximate surface area is 143 Å². The van der Waals surface area contributed by atoms with Crippen molar-refractivity contribution in [3.05, 3.63) is 29.8 Å². The van der Waals surface area contributed by atoms with E-state index in [0.29, 0.717) is 31.1 Å². The number of benzene rings is 1. The van der Waals surface area contributed by atoms with Gasteiger partial charge in [0.1, 0.15) is 18.5 Å². The first kappa shape index (κ1) is 18.7. The average Bonchev–Trinajstić information content (AvgIpc) is 2.89. The summed E-state index contributed by atoms with van der Waals surface area (Å²) in [6.07, 6.45) is 0.0403. The molecular weight excluding hydrogens is 310 g/mol. The summed E-state index contributed by atoms with van der Waals surface area (Å²) in [7, 11) is 3.75. The summed E-state index contributed by atoms with van der Waals surface area (Å²) in [4.78, 5) is 13.8. The third kappa shape index (κ3) is 4.47. The van der Waals surface area contributed by atoms with Crippen molar-refractivity contribution in [2.24, 2.45) is 0 Å². The smallest absolute Gasteiger partial charge is 0.338 e. The van der Waals surface area contributed by atoms with E-state index in [4.69, 9.17) is 18.9 Å². The minimum atomic E-state index is -0.320. The van der Waals surface area contributed by atoms with Gasteiger partial charge in [-0.15, -0.1) is 0 Å². The first-order valence-corrected chi connectivity index (χ1v) is 8.35. The topological polar surface area (TPSA) is 57.2 Å². The number of carbonyl (C=O) groups excluding carboxylic acids is 1. The van der Waals surface area contributed by atoms with E-state index in [9.17, 15) is 4.79 Å². The van der Waals surface area contributed by atoms with Crippen molar-refractivity contribution in [2.75, 3.05) is 40.5 Å². The lowest BCUT2D eigenvalue weighted by Gasteiger charge is -2.25. The van der Waals surface area contributed by atoms with Gasteiger partial charge in [-0.05, 0) is 45.2 Å². The molecule has 1 aliphatic heterocycles. The molecule has 1 saturated heterocycles. The third-order valence-electron chi connectivity index (χ3n) is 4.23. The van der Waals surface area contributed by atoms with Gasteiger partial charge < -0.3 is 18.9 Å². The van der Waals surface area contributed by atoms with Crippen LogP contribution in [-0.2, 0) is 14.2 Å². The molecule has 0 amide bonds. The Morgan fingerprint density at radius 3 is 2.50 bits per heavy atom. The Bertz CT molecular complexity index is 519. The summed E-state index contributed by atoms with van der Waals surface area (Å²) in [5.41, 5.74) is 0.522. The zero-order chi connectivity index (χ0) is 17.5. The molecule has 0 unspecified atom stereocenters. The van der Waals surface area contributed by atoms with Gasteiger partial charge in [0.25, 0.3) is 0 Å². The highest BCUT2D eigenvalue weighted by molar-refractivity contribution is 5.89. The highest BCUT2D eigenvalue weighted by Gasteiger charge is 2.41. The maximum atomic E-state index is 11.6. The van der Waals surface area contributed by atoms with Gasteiger partial charge in [-0.3, -0.25) is 4.90 Å². The van der Waals surface area contributed by atoms with Crippen LogP contribution in [0.25, 0.3) is 0 Å². The van der Waals surface area contributed by atoms with Gasteiger partial charge in [0, 0.05) is 20.3 Å². The molecule has 2 rings (SSSR count). The van der Waals surface area contributed by atoms with Crippen molar-refractivity contribution in [3.63, 3.8) is 0 Å². The number of hydrogen-bond acceptors (Lipinski definition) is 6. The second kappa shape index (κ2) is 9.01. The molecule has 24 heavy (non-hydrogen) atoms. The van der Waals surface area contributed by atoms with E-state index in [2.05, 4.69) is 4.90 Å². The molecule has 1 fully saturated rings. The number of hydrogen-bond donors (Lipinski definition) is 0. The third-order valence-corrected chi connectivity index (χ3v) is 4.23. The molecule has 1 heterocycles. The summed E-state index contributed by atoms with van der Waals surface area (Å²) in [6.45, 7) is 6.09. The van der Waals surface area contributed by atoms with E-state index in [1.54, 1.807) is 38.3 Å². The fraction of sp³-hybridized carbons (Fsp3) is 0.611. The summed E-state index contributed by atoms with van der Waals surface area (Å²) < 4.78 is 22.2. The predicted molar refractivity (Wildman–Crippen MR) is 90.5 cm³/mol. The first-order chi connectivity index (χ1) is 11.6. The van der Waals surface area contributed by atoms with Crippen LogP contribution in [0.3, 0.4) is 0 Å². The molecule has 0 radical (unpaired) electrons. The Hall–Kier alpha value is -1.63. The van der Waals surface area contributed by atoms with Crippen molar-refractivity contribution in [1.82, 2.24) is 4.90 Å². The fourth-order valence-electron chi connectivity index (χ4n) is 2.95. The normalized spacial score (nSPS) is 24.1. The van der Waals surface area contributed by atoms with Crippen LogP contribution in [0.2, 0.25) is 0 Å². The summed E-state index contributed by atoms with van der Waals surface area (Å²) in [6, 6.07) is 7.11. The number of ether oxygens (including phenoxy) is 4. The number of carbonyl (C=O) groups is 1. The van der Waals surface area contributed by atoms with Crippen molar-refractivity contribution in [1.29, 1.82) is 0 Å². The second-order valence-corrected chi connectivity index (χ2v) is 5.76. The Balaban J connectivity index is 1.95. The van der Waals surface area contributed by atoms with Crippen LogP contribution in [0.5, 0.6) is 5.75 Å². The summed E-state index contributed by atoms with van der Waals surface area (Å²) in [5.74, 6) is 0.395. The maximum absolute atomic E-state index is 11.6. The number of rotatable bonds is 8. The highest BCUT2D eigenvalue weighted by atomic mass is 16.5.